The summed E-state index contributed by atoms with van der Waals surface area (Å²) in [6.45, 7) is 5.47. The molecule has 0 aromatic heterocycles. The Morgan fingerprint density at radius 1 is 1.32 bits per heavy atom. The molecular weight excluding hydrogens is 239 g/mol. The van der Waals surface area contributed by atoms with E-state index in [1.807, 2.05) is 12.1 Å². The third-order valence-electron chi connectivity index (χ3n) is 4.34. The van der Waals surface area contributed by atoms with Crippen LogP contribution in [0.3, 0.4) is 0 Å². The van der Waals surface area contributed by atoms with Crippen LogP contribution in [0.4, 0.5) is 4.39 Å². The maximum Gasteiger partial charge on any atom is 0.123 e. The highest BCUT2D eigenvalue weighted by Crippen LogP contribution is 2.33. The molecule has 2 nitrogen and oxygen atoms in total. The highest BCUT2D eigenvalue weighted by atomic mass is 19.1. The van der Waals surface area contributed by atoms with Crippen molar-refractivity contribution in [1.82, 2.24) is 4.90 Å². The van der Waals surface area contributed by atoms with Crippen LogP contribution in [0.2, 0.25) is 0 Å². The van der Waals surface area contributed by atoms with Gasteiger partial charge >= 0.3 is 0 Å². The van der Waals surface area contributed by atoms with Crippen LogP contribution < -0.4 is 5.73 Å². The van der Waals surface area contributed by atoms with E-state index in [9.17, 15) is 4.39 Å². The molecule has 0 aliphatic carbocycles. The smallest absolute Gasteiger partial charge is 0.123 e. The van der Waals surface area contributed by atoms with Gasteiger partial charge in [-0.05, 0) is 49.9 Å². The van der Waals surface area contributed by atoms with Gasteiger partial charge in [-0.15, -0.1) is 0 Å². The van der Waals surface area contributed by atoms with Gasteiger partial charge in [0.05, 0.1) is 6.04 Å². The average molecular weight is 264 g/mol. The Kier molecular flexibility index (Phi) is 4.94. The van der Waals surface area contributed by atoms with Crippen molar-refractivity contribution < 1.29 is 4.39 Å². The molecule has 106 valence electrons. The molecule has 3 atom stereocenters. The first-order valence-corrected chi connectivity index (χ1v) is 7.44. The van der Waals surface area contributed by atoms with E-state index in [4.69, 9.17) is 5.73 Å². The monoisotopic (exact) mass is 264 g/mol. The van der Waals surface area contributed by atoms with Crippen LogP contribution in [0.15, 0.2) is 24.3 Å². The fourth-order valence-electron chi connectivity index (χ4n) is 3.23. The molecule has 3 heteroatoms. The number of likely N-dealkylation sites (tertiary alicyclic amines) is 1. The Morgan fingerprint density at radius 2 is 2.00 bits per heavy atom. The van der Waals surface area contributed by atoms with E-state index in [0.29, 0.717) is 6.04 Å². The van der Waals surface area contributed by atoms with Crippen LogP contribution in [0.5, 0.6) is 0 Å². The molecule has 2 N–H and O–H groups in total. The van der Waals surface area contributed by atoms with Gasteiger partial charge in [-0.3, -0.25) is 4.90 Å². The molecule has 1 aliphatic rings. The summed E-state index contributed by atoms with van der Waals surface area (Å²) < 4.78 is 13.1. The van der Waals surface area contributed by atoms with E-state index in [1.54, 1.807) is 12.1 Å². The number of halogens is 1. The fourth-order valence-corrected chi connectivity index (χ4v) is 3.23. The molecule has 1 aromatic carbocycles. The molecule has 0 saturated carbocycles. The van der Waals surface area contributed by atoms with Gasteiger partial charge in [0.2, 0.25) is 0 Å². The van der Waals surface area contributed by atoms with E-state index in [2.05, 4.69) is 18.7 Å². The van der Waals surface area contributed by atoms with Crippen molar-refractivity contribution in [1.29, 1.82) is 0 Å². The zero-order valence-corrected chi connectivity index (χ0v) is 12.0. The predicted octanol–water partition coefficient (Wildman–Crippen LogP) is 3.48. The topological polar surface area (TPSA) is 29.3 Å². The fraction of sp³-hybridized carbons (Fsp3) is 0.625. The van der Waals surface area contributed by atoms with Gasteiger partial charge in [0.25, 0.3) is 0 Å². The maximum absolute atomic E-state index is 13.1. The number of hydrogen-bond acceptors (Lipinski definition) is 2. The number of benzene rings is 1. The molecule has 0 radical (unpaired) electrons. The van der Waals surface area contributed by atoms with Gasteiger partial charge in [-0.2, -0.15) is 0 Å². The predicted molar refractivity (Wildman–Crippen MR) is 77.4 cm³/mol. The minimum Gasteiger partial charge on any atom is -0.326 e. The summed E-state index contributed by atoms with van der Waals surface area (Å²) in [4.78, 5) is 2.53. The van der Waals surface area contributed by atoms with Crippen molar-refractivity contribution in [3.8, 4) is 0 Å². The van der Waals surface area contributed by atoms with Gasteiger partial charge in [-0.1, -0.05) is 26.0 Å². The van der Waals surface area contributed by atoms with Gasteiger partial charge in [0, 0.05) is 12.1 Å². The van der Waals surface area contributed by atoms with Crippen molar-refractivity contribution in [2.24, 2.45) is 5.73 Å². The summed E-state index contributed by atoms with van der Waals surface area (Å²) in [5.74, 6) is -0.180. The minimum absolute atomic E-state index is 0.109. The SMILES string of the molecule is CCC(N)C(c1ccc(F)cc1)N1CCCC1CC. The second-order valence-corrected chi connectivity index (χ2v) is 5.51. The third-order valence-corrected chi connectivity index (χ3v) is 4.34. The first-order chi connectivity index (χ1) is 9.17. The van der Waals surface area contributed by atoms with Gasteiger partial charge in [0.15, 0.2) is 0 Å². The number of rotatable bonds is 5. The molecule has 0 bridgehead atoms. The lowest BCUT2D eigenvalue weighted by Crippen LogP contribution is -2.43. The minimum atomic E-state index is -0.180. The summed E-state index contributed by atoms with van der Waals surface area (Å²) >= 11 is 0. The zero-order valence-electron chi connectivity index (χ0n) is 12.0. The Bertz CT molecular complexity index is 390. The summed E-state index contributed by atoms with van der Waals surface area (Å²) in [6.07, 6.45) is 4.60. The Balaban J connectivity index is 2.27. The van der Waals surface area contributed by atoms with E-state index in [-0.39, 0.29) is 17.9 Å². The zero-order chi connectivity index (χ0) is 13.8. The lowest BCUT2D eigenvalue weighted by Gasteiger charge is -2.36. The summed E-state index contributed by atoms with van der Waals surface area (Å²) in [7, 11) is 0. The quantitative estimate of drug-likeness (QED) is 0.882. The lowest BCUT2D eigenvalue weighted by molar-refractivity contribution is 0.150. The lowest BCUT2D eigenvalue weighted by atomic mass is 9.95. The van der Waals surface area contributed by atoms with Crippen molar-refractivity contribution >= 4 is 0 Å². The summed E-state index contributed by atoms with van der Waals surface area (Å²) in [5, 5.41) is 0. The molecule has 1 aromatic rings. The number of nitrogens with two attached hydrogens (primary N) is 1. The summed E-state index contributed by atoms with van der Waals surface area (Å²) in [5.41, 5.74) is 7.50. The molecule has 0 spiro atoms. The molecule has 19 heavy (non-hydrogen) atoms. The number of nitrogens with zero attached hydrogens (tertiary/aromatic N) is 1. The third kappa shape index (κ3) is 3.15. The molecular formula is C16H25FN2. The first kappa shape index (κ1) is 14.5. The van der Waals surface area contributed by atoms with Crippen molar-refractivity contribution in [3.63, 3.8) is 0 Å². The van der Waals surface area contributed by atoms with Crippen molar-refractivity contribution in [2.45, 2.75) is 57.7 Å². The molecule has 3 unspecified atom stereocenters. The van der Waals surface area contributed by atoms with E-state index >= 15 is 0 Å². The first-order valence-electron chi connectivity index (χ1n) is 7.44. The Morgan fingerprint density at radius 3 is 2.58 bits per heavy atom. The van der Waals surface area contributed by atoms with Crippen molar-refractivity contribution in [3.05, 3.63) is 35.6 Å². The Hall–Kier alpha value is -0.930. The normalized spacial score (nSPS) is 23.5. The van der Waals surface area contributed by atoms with Crippen LogP contribution in [-0.2, 0) is 0 Å². The summed E-state index contributed by atoms with van der Waals surface area (Å²) in [6, 6.07) is 7.81. The second kappa shape index (κ2) is 6.49. The molecule has 0 amide bonds. The van der Waals surface area contributed by atoms with Gasteiger partial charge < -0.3 is 5.73 Å². The number of hydrogen-bond donors (Lipinski definition) is 1. The van der Waals surface area contributed by atoms with Crippen LogP contribution in [0.25, 0.3) is 0 Å². The van der Waals surface area contributed by atoms with Crippen LogP contribution in [-0.4, -0.2) is 23.5 Å². The van der Waals surface area contributed by atoms with Crippen LogP contribution in [0, 0.1) is 5.82 Å². The van der Waals surface area contributed by atoms with Crippen LogP contribution >= 0.6 is 0 Å². The van der Waals surface area contributed by atoms with E-state index in [1.165, 1.54) is 12.8 Å². The molecule has 1 aliphatic heterocycles. The second-order valence-electron chi connectivity index (χ2n) is 5.51. The highest BCUT2D eigenvalue weighted by molar-refractivity contribution is 5.22. The average Bonchev–Trinajstić information content (AvgIpc) is 2.89. The van der Waals surface area contributed by atoms with Crippen molar-refractivity contribution in [2.75, 3.05) is 6.54 Å². The molecule has 1 heterocycles. The highest BCUT2D eigenvalue weighted by Gasteiger charge is 2.33. The molecule has 1 saturated heterocycles. The molecule has 1 fully saturated rings. The Labute approximate surface area is 115 Å². The van der Waals surface area contributed by atoms with E-state index < -0.39 is 0 Å². The largest absolute Gasteiger partial charge is 0.326 e. The van der Waals surface area contributed by atoms with Crippen LogP contribution in [0.1, 0.15) is 51.1 Å². The van der Waals surface area contributed by atoms with Gasteiger partial charge in [0.1, 0.15) is 5.82 Å². The van der Waals surface area contributed by atoms with Gasteiger partial charge in [-0.25, -0.2) is 4.39 Å². The standard InChI is InChI=1S/C16H25FN2/c1-3-14-6-5-11-19(14)16(15(18)4-2)12-7-9-13(17)10-8-12/h7-10,14-16H,3-6,11,18H2,1-2H3. The maximum atomic E-state index is 13.1. The molecule has 2 rings (SSSR count). The van der Waals surface area contributed by atoms with E-state index in [0.717, 1.165) is 24.9 Å².